The predicted octanol–water partition coefficient (Wildman–Crippen LogP) is 4.41. The summed E-state index contributed by atoms with van der Waals surface area (Å²) in [5.74, 6) is 0.0699. The van der Waals surface area contributed by atoms with Crippen molar-refractivity contribution >= 4 is 17.3 Å². The number of non-ortho nitro benzene ring substituents is 1. The number of nitro benzene ring substituents is 1. The summed E-state index contributed by atoms with van der Waals surface area (Å²) in [5, 5.41) is 14.0. The summed E-state index contributed by atoms with van der Waals surface area (Å²) >= 11 is 0. The van der Waals surface area contributed by atoms with Crippen LogP contribution in [0.25, 0.3) is 0 Å². The molecule has 6 heteroatoms. The smallest absolute Gasteiger partial charge is 0.269 e. The van der Waals surface area contributed by atoms with Gasteiger partial charge in [0, 0.05) is 38.0 Å². The van der Waals surface area contributed by atoms with Gasteiger partial charge < -0.3 is 10.2 Å². The van der Waals surface area contributed by atoms with Gasteiger partial charge >= 0.3 is 0 Å². The Kier molecular flexibility index (Phi) is 6.58. The molecular formula is C23H23N3O3. The highest BCUT2D eigenvalue weighted by atomic mass is 16.6. The number of rotatable bonds is 8. The quantitative estimate of drug-likeness (QED) is 0.457. The minimum atomic E-state index is -0.408. The summed E-state index contributed by atoms with van der Waals surface area (Å²) in [7, 11) is 1.81. The molecule has 0 bridgehead atoms. The minimum Gasteiger partial charge on any atom is -0.381 e. The molecule has 3 aromatic rings. The monoisotopic (exact) mass is 389 g/mol. The van der Waals surface area contributed by atoms with Gasteiger partial charge in [-0.2, -0.15) is 0 Å². The summed E-state index contributed by atoms with van der Waals surface area (Å²) in [6, 6.07) is 24.1. The maximum Gasteiger partial charge on any atom is 0.269 e. The van der Waals surface area contributed by atoms with Crippen molar-refractivity contribution in [3.05, 3.63) is 106 Å². The van der Waals surface area contributed by atoms with Crippen LogP contribution in [0.15, 0.2) is 78.9 Å². The van der Waals surface area contributed by atoms with E-state index in [0.29, 0.717) is 19.5 Å². The van der Waals surface area contributed by atoms with E-state index in [-0.39, 0.29) is 11.6 Å². The van der Waals surface area contributed by atoms with Gasteiger partial charge in [-0.1, -0.05) is 54.6 Å². The number of nitrogens with zero attached hydrogens (tertiary/aromatic N) is 2. The van der Waals surface area contributed by atoms with Crippen LogP contribution in [0.3, 0.4) is 0 Å². The van der Waals surface area contributed by atoms with E-state index in [4.69, 9.17) is 0 Å². The molecule has 1 N–H and O–H groups in total. The Morgan fingerprint density at radius 2 is 1.52 bits per heavy atom. The predicted molar refractivity (Wildman–Crippen MR) is 113 cm³/mol. The second-order valence-electron chi connectivity index (χ2n) is 6.89. The molecule has 0 saturated carbocycles. The van der Waals surface area contributed by atoms with E-state index in [1.54, 1.807) is 17.0 Å². The van der Waals surface area contributed by atoms with Crippen LogP contribution >= 0.6 is 0 Å². The highest BCUT2D eigenvalue weighted by molar-refractivity contribution is 5.78. The lowest BCUT2D eigenvalue weighted by molar-refractivity contribution is -0.384. The molecule has 148 valence electrons. The molecule has 0 aliphatic rings. The Hall–Kier alpha value is -3.67. The molecule has 0 saturated heterocycles. The van der Waals surface area contributed by atoms with Crippen LogP contribution < -0.4 is 5.32 Å². The molecule has 3 rings (SSSR count). The average Bonchev–Trinajstić information content (AvgIpc) is 2.74. The van der Waals surface area contributed by atoms with E-state index in [1.165, 1.54) is 12.1 Å². The Morgan fingerprint density at radius 3 is 2.14 bits per heavy atom. The first-order valence-corrected chi connectivity index (χ1v) is 9.35. The van der Waals surface area contributed by atoms with Crippen molar-refractivity contribution in [3.63, 3.8) is 0 Å². The van der Waals surface area contributed by atoms with E-state index in [0.717, 1.165) is 22.4 Å². The lowest BCUT2D eigenvalue weighted by Crippen LogP contribution is -2.27. The number of nitrogens with one attached hydrogen (secondary N) is 1. The first-order chi connectivity index (χ1) is 14.0. The molecule has 0 heterocycles. The van der Waals surface area contributed by atoms with E-state index >= 15 is 0 Å². The summed E-state index contributed by atoms with van der Waals surface area (Å²) in [5.41, 5.74) is 4.03. The van der Waals surface area contributed by atoms with Crippen LogP contribution in [0.1, 0.15) is 16.7 Å². The molecule has 0 spiro atoms. The largest absolute Gasteiger partial charge is 0.381 e. The van der Waals surface area contributed by atoms with Crippen LogP contribution in [-0.4, -0.2) is 22.8 Å². The van der Waals surface area contributed by atoms with Crippen molar-refractivity contribution in [2.24, 2.45) is 0 Å². The number of amides is 1. The molecule has 29 heavy (non-hydrogen) atoms. The fourth-order valence-electron chi connectivity index (χ4n) is 2.94. The number of hydrogen-bond donors (Lipinski definition) is 1. The minimum absolute atomic E-state index is 0.0699. The molecular weight excluding hydrogens is 366 g/mol. The Balaban J connectivity index is 1.50. The lowest BCUT2D eigenvalue weighted by atomic mass is 10.1. The average molecular weight is 389 g/mol. The third-order valence-electron chi connectivity index (χ3n) is 4.64. The number of carbonyl (C=O) groups excluding carboxylic acids is 1. The van der Waals surface area contributed by atoms with Gasteiger partial charge in [0.05, 0.1) is 11.3 Å². The SMILES string of the molecule is CN(Cc1ccccc1)C(=O)Cc1ccc(NCc2ccc([N+](=O)[O-])cc2)cc1. The molecule has 0 aromatic heterocycles. The van der Waals surface area contributed by atoms with Crippen molar-refractivity contribution in [3.8, 4) is 0 Å². The fourth-order valence-corrected chi connectivity index (χ4v) is 2.94. The van der Waals surface area contributed by atoms with E-state index in [1.807, 2.05) is 61.6 Å². The third-order valence-corrected chi connectivity index (χ3v) is 4.64. The van der Waals surface area contributed by atoms with Gasteiger partial charge in [-0.05, 0) is 28.8 Å². The van der Waals surface area contributed by atoms with Crippen LogP contribution in [0, 0.1) is 10.1 Å². The van der Waals surface area contributed by atoms with Gasteiger partial charge in [0.2, 0.25) is 5.91 Å². The van der Waals surface area contributed by atoms with E-state index in [9.17, 15) is 14.9 Å². The highest BCUT2D eigenvalue weighted by Crippen LogP contribution is 2.15. The second kappa shape index (κ2) is 9.50. The van der Waals surface area contributed by atoms with Crippen LogP contribution in [-0.2, 0) is 24.3 Å². The first kappa shape index (κ1) is 20.1. The van der Waals surface area contributed by atoms with Crippen molar-refractivity contribution in [2.75, 3.05) is 12.4 Å². The number of likely N-dealkylation sites (N-methyl/N-ethyl adjacent to an activating group) is 1. The van der Waals surface area contributed by atoms with Gasteiger partial charge in [-0.15, -0.1) is 0 Å². The number of nitro groups is 1. The van der Waals surface area contributed by atoms with Gasteiger partial charge in [0.15, 0.2) is 0 Å². The molecule has 0 radical (unpaired) electrons. The zero-order chi connectivity index (χ0) is 20.6. The number of hydrogen-bond acceptors (Lipinski definition) is 4. The Morgan fingerprint density at radius 1 is 0.897 bits per heavy atom. The Labute approximate surface area is 169 Å². The Bertz CT molecular complexity index is 955. The molecule has 3 aromatic carbocycles. The van der Waals surface area contributed by atoms with Crippen molar-refractivity contribution < 1.29 is 9.72 Å². The third kappa shape index (κ3) is 5.90. The van der Waals surface area contributed by atoms with Gasteiger partial charge in [0.1, 0.15) is 0 Å². The zero-order valence-corrected chi connectivity index (χ0v) is 16.2. The molecule has 0 atom stereocenters. The topological polar surface area (TPSA) is 75.5 Å². The van der Waals surface area contributed by atoms with Crippen LogP contribution in [0.5, 0.6) is 0 Å². The number of benzene rings is 3. The number of carbonyl (C=O) groups is 1. The summed E-state index contributed by atoms with van der Waals surface area (Å²) in [6.07, 6.45) is 0.353. The van der Waals surface area contributed by atoms with Crippen molar-refractivity contribution in [1.82, 2.24) is 4.90 Å². The lowest BCUT2D eigenvalue weighted by Gasteiger charge is -2.17. The molecule has 6 nitrogen and oxygen atoms in total. The fraction of sp³-hybridized carbons (Fsp3) is 0.174. The molecule has 1 amide bonds. The van der Waals surface area contributed by atoms with Gasteiger partial charge in [-0.25, -0.2) is 0 Å². The molecule has 0 aliphatic heterocycles. The van der Waals surface area contributed by atoms with Gasteiger partial charge in [-0.3, -0.25) is 14.9 Å². The van der Waals surface area contributed by atoms with Crippen LogP contribution in [0.2, 0.25) is 0 Å². The van der Waals surface area contributed by atoms with Gasteiger partial charge in [0.25, 0.3) is 5.69 Å². The van der Waals surface area contributed by atoms with E-state index in [2.05, 4.69) is 5.32 Å². The molecule has 0 unspecified atom stereocenters. The van der Waals surface area contributed by atoms with Crippen molar-refractivity contribution in [1.29, 1.82) is 0 Å². The summed E-state index contributed by atoms with van der Waals surface area (Å²) in [6.45, 7) is 1.16. The normalized spacial score (nSPS) is 10.4. The number of anilines is 1. The molecule has 0 fully saturated rings. The summed E-state index contributed by atoms with van der Waals surface area (Å²) < 4.78 is 0. The first-order valence-electron chi connectivity index (χ1n) is 9.35. The highest BCUT2D eigenvalue weighted by Gasteiger charge is 2.10. The summed E-state index contributed by atoms with van der Waals surface area (Å²) in [4.78, 5) is 24.5. The standard InChI is InChI=1S/C23H23N3O3/c1-25(17-20-5-3-2-4-6-20)23(27)15-18-7-11-21(12-8-18)24-16-19-9-13-22(14-10-19)26(28)29/h2-14,24H,15-17H2,1H3. The maximum absolute atomic E-state index is 12.5. The molecule has 0 aliphatic carbocycles. The second-order valence-corrected chi connectivity index (χ2v) is 6.89. The maximum atomic E-state index is 12.5. The van der Waals surface area contributed by atoms with Crippen molar-refractivity contribution in [2.45, 2.75) is 19.5 Å². The van der Waals surface area contributed by atoms with E-state index < -0.39 is 4.92 Å². The van der Waals surface area contributed by atoms with Crippen LogP contribution in [0.4, 0.5) is 11.4 Å². The zero-order valence-electron chi connectivity index (χ0n) is 16.2.